The fourth-order valence-corrected chi connectivity index (χ4v) is 2.02. The Kier molecular flexibility index (Phi) is 3.73. The number of hydrogen-bond donors (Lipinski definition) is 1. The Morgan fingerprint density at radius 1 is 1.31 bits per heavy atom. The van der Waals surface area contributed by atoms with Crippen molar-refractivity contribution in [2.45, 2.75) is 45.6 Å². The fraction of sp³-hybridized carbons (Fsp3) is 0.667. The Bertz CT molecular complexity index is 331. The highest BCUT2D eigenvalue weighted by Gasteiger charge is 2.43. The van der Waals surface area contributed by atoms with Crippen molar-refractivity contribution in [3.63, 3.8) is 0 Å². The van der Waals surface area contributed by atoms with Crippen molar-refractivity contribution in [1.29, 1.82) is 0 Å². The number of carboxylic acids is 1. The summed E-state index contributed by atoms with van der Waals surface area (Å²) in [6.45, 7) is 5.83. The van der Waals surface area contributed by atoms with E-state index >= 15 is 0 Å². The molecule has 4 heteroatoms. The van der Waals surface area contributed by atoms with Crippen LogP contribution in [0.2, 0.25) is 0 Å². The second-order valence-electron chi connectivity index (χ2n) is 4.75. The van der Waals surface area contributed by atoms with Gasteiger partial charge in [-0.15, -0.1) is 0 Å². The molecule has 0 bridgehead atoms. The summed E-state index contributed by atoms with van der Waals surface area (Å²) in [5.41, 5.74) is -0.148. The minimum atomic E-state index is -1.04. The number of rotatable bonds is 2. The molecular formula is C12H19NO3. The third-order valence-corrected chi connectivity index (χ3v) is 3.03. The van der Waals surface area contributed by atoms with Crippen LogP contribution in [0.15, 0.2) is 11.6 Å². The first kappa shape index (κ1) is 12.7. The van der Waals surface area contributed by atoms with Gasteiger partial charge in [0.2, 0.25) is 5.91 Å². The molecule has 1 amide bonds. The van der Waals surface area contributed by atoms with E-state index in [2.05, 4.69) is 0 Å². The van der Waals surface area contributed by atoms with E-state index in [0.717, 1.165) is 18.4 Å². The summed E-state index contributed by atoms with van der Waals surface area (Å²) < 4.78 is 0. The second kappa shape index (κ2) is 4.68. The first-order chi connectivity index (χ1) is 7.38. The third kappa shape index (κ3) is 2.43. The molecule has 1 aliphatic rings. The van der Waals surface area contributed by atoms with E-state index in [4.69, 9.17) is 0 Å². The highest BCUT2D eigenvalue weighted by atomic mass is 16.4. The number of nitrogens with zero attached hydrogens (tertiary/aromatic N) is 1. The molecule has 0 aromatic heterocycles. The Balaban J connectivity index is 2.95. The predicted octanol–water partition coefficient (Wildman–Crippen LogP) is 1.81. The smallest absolute Gasteiger partial charge is 0.329 e. The van der Waals surface area contributed by atoms with Crippen molar-refractivity contribution < 1.29 is 14.7 Å². The minimum absolute atomic E-state index is 0.190. The molecular weight excluding hydrogens is 206 g/mol. The lowest BCUT2D eigenvalue weighted by Gasteiger charge is -2.41. The molecule has 0 aromatic carbocycles. The molecule has 16 heavy (non-hydrogen) atoms. The Hall–Kier alpha value is -1.32. The van der Waals surface area contributed by atoms with Crippen LogP contribution in [0, 0.1) is 0 Å². The van der Waals surface area contributed by atoms with Crippen LogP contribution in [0.3, 0.4) is 0 Å². The van der Waals surface area contributed by atoms with Crippen LogP contribution >= 0.6 is 0 Å². The summed E-state index contributed by atoms with van der Waals surface area (Å²) in [6, 6.07) is 0. The summed E-state index contributed by atoms with van der Waals surface area (Å²) in [4.78, 5) is 24.7. The lowest BCUT2D eigenvalue weighted by atomic mass is 9.88. The summed E-state index contributed by atoms with van der Waals surface area (Å²) >= 11 is 0. The topological polar surface area (TPSA) is 57.6 Å². The van der Waals surface area contributed by atoms with Crippen LogP contribution in [-0.2, 0) is 9.59 Å². The Labute approximate surface area is 95.9 Å². The number of aliphatic carboxylic acids is 1. The maximum Gasteiger partial charge on any atom is 0.329 e. The molecule has 0 aliphatic carbocycles. The van der Waals surface area contributed by atoms with Gasteiger partial charge < -0.3 is 10.0 Å². The van der Waals surface area contributed by atoms with Crippen molar-refractivity contribution >= 4 is 11.9 Å². The number of hydrogen-bond acceptors (Lipinski definition) is 2. The SMILES string of the molecule is CC(C)=CC(=O)N1CCCCC1(C)C(=O)O. The van der Waals surface area contributed by atoms with Gasteiger partial charge in [-0.25, -0.2) is 4.79 Å². The zero-order chi connectivity index (χ0) is 12.3. The number of carboxylic acid groups (broad SMARTS) is 1. The van der Waals surface area contributed by atoms with Gasteiger partial charge in [-0.05, 0) is 40.0 Å². The molecule has 1 N–H and O–H groups in total. The lowest BCUT2D eigenvalue weighted by Crippen LogP contribution is -2.57. The first-order valence-corrected chi connectivity index (χ1v) is 5.58. The van der Waals surface area contributed by atoms with E-state index in [-0.39, 0.29) is 5.91 Å². The van der Waals surface area contributed by atoms with Crippen molar-refractivity contribution in [2.24, 2.45) is 0 Å². The zero-order valence-corrected chi connectivity index (χ0v) is 10.1. The van der Waals surface area contributed by atoms with E-state index in [1.54, 1.807) is 6.92 Å². The van der Waals surface area contributed by atoms with Gasteiger partial charge in [0.15, 0.2) is 0 Å². The molecule has 1 aliphatic heterocycles. The molecule has 1 atom stereocenters. The first-order valence-electron chi connectivity index (χ1n) is 5.58. The molecule has 1 heterocycles. The third-order valence-electron chi connectivity index (χ3n) is 3.03. The van der Waals surface area contributed by atoms with Gasteiger partial charge >= 0.3 is 5.97 Å². The monoisotopic (exact) mass is 225 g/mol. The van der Waals surface area contributed by atoms with Gasteiger partial charge in [-0.3, -0.25) is 4.79 Å². The minimum Gasteiger partial charge on any atom is -0.480 e. The molecule has 90 valence electrons. The Morgan fingerprint density at radius 2 is 1.94 bits per heavy atom. The maximum atomic E-state index is 11.9. The number of piperidine rings is 1. The van der Waals surface area contributed by atoms with Crippen LogP contribution in [0.4, 0.5) is 0 Å². The van der Waals surface area contributed by atoms with Gasteiger partial charge in [0.05, 0.1) is 0 Å². The standard InChI is InChI=1S/C12H19NO3/c1-9(2)8-10(14)13-7-5-4-6-12(13,3)11(15)16/h8H,4-7H2,1-3H3,(H,15,16). The molecule has 1 unspecified atom stereocenters. The van der Waals surface area contributed by atoms with Crippen molar-refractivity contribution in [3.05, 3.63) is 11.6 Å². The van der Waals surface area contributed by atoms with E-state index < -0.39 is 11.5 Å². The highest BCUT2D eigenvalue weighted by molar-refractivity contribution is 5.93. The van der Waals surface area contributed by atoms with Gasteiger partial charge in [-0.1, -0.05) is 5.57 Å². The summed E-state index contributed by atoms with van der Waals surface area (Å²) in [6.07, 6.45) is 3.78. The molecule has 0 saturated carbocycles. The van der Waals surface area contributed by atoms with Gasteiger partial charge in [0.1, 0.15) is 5.54 Å². The van der Waals surface area contributed by atoms with E-state index in [1.165, 1.54) is 11.0 Å². The number of carbonyl (C=O) groups excluding carboxylic acids is 1. The summed E-state index contributed by atoms with van der Waals surface area (Å²) in [7, 11) is 0. The van der Waals surface area contributed by atoms with Crippen molar-refractivity contribution in [3.8, 4) is 0 Å². The lowest BCUT2D eigenvalue weighted by molar-refractivity contribution is -0.158. The molecule has 0 spiro atoms. The summed E-state index contributed by atoms with van der Waals surface area (Å²) in [5.74, 6) is -1.10. The number of carbonyl (C=O) groups is 2. The molecule has 1 fully saturated rings. The fourth-order valence-electron chi connectivity index (χ4n) is 2.02. The highest BCUT2D eigenvalue weighted by Crippen LogP contribution is 2.28. The number of likely N-dealkylation sites (tertiary alicyclic amines) is 1. The van der Waals surface area contributed by atoms with Gasteiger partial charge in [0.25, 0.3) is 0 Å². The van der Waals surface area contributed by atoms with Crippen LogP contribution in [0.5, 0.6) is 0 Å². The molecule has 4 nitrogen and oxygen atoms in total. The average Bonchev–Trinajstić information content (AvgIpc) is 2.16. The van der Waals surface area contributed by atoms with E-state index in [0.29, 0.717) is 13.0 Å². The van der Waals surface area contributed by atoms with Crippen LogP contribution in [0.1, 0.15) is 40.0 Å². The van der Waals surface area contributed by atoms with Gasteiger partial charge in [0, 0.05) is 12.6 Å². The summed E-state index contributed by atoms with van der Waals surface area (Å²) in [5, 5.41) is 9.24. The molecule has 0 radical (unpaired) electrons. The van der Waals surface area contributed by atoms with E-state index in [1.807, 2.05) is 13.8 Å². The normalized spacial score (nSPS) is 25.1. The second-order valence-corrected chi connectivity index (χ2v) is 4.75. The Morgan fingerprint density at radius 3 is 2.44 bits per heavy atom. The quantitative estimate of drug-likeness (QED) is 0.729. The molecule has 1 rings (SSSR count). The maximum absolute atomic E-state index is 11.9. The average molecular weight is 225 g/mol. The van der Waals surface area contributed by atoms with Crippen LogP contribution in [0.25, 0.3) is 0 Å². The predicted molar refractivity (Wildman–Crippen MR) is 61.0 cm³/mol. The van der Waals surface area contributed by atoms with Crippen molar-refractivity contribution in [1.82, 2.24) is 4.90 Å². The molecule has 1 saturated heterocycles. The van der Waals surface area contributed by atoms with E-state index in [9.17, 15) is 14.7 Å². The number of allylic oxidation sites excluding steroid dienone is 1. The van der Waals surface area contributed by atoms with Crippen LogP contribution in [-0.4, -0.2) is 34.0 Å². The zero-order valence-electron chi connectivity index (χ0n) is 10.1. The number of amides is 1. The van der Waals surface area contributed by atoms with Crippen molar-refractivity contribution in [2.75, 3.05) is 6.54 Å². The molecule has 0 aromatic rings. The largest absolute Gasteiger partial charge is 0.480 e. The van der Waals surface area contributed by atoms with Crippen LogP contribution < -0.4 is 0 Å². The van der Waals surface area contributed by atoms with Gasteiger partial charge in [-0.2, -0.15) is 0 Å².